The Morgan fingerprint density at radius 1 is 1.08 bits per heavy atom. The van der Waals surface area contributed by atoms with E-state index in [1.54, 1.807) is 18.6 Å². The lowest BCUT2D eigenvalue weighted by Gasteiger charge is -2.47. The number of aromatic nitrogens is 2. The second kappa shape index (κ2) is 10.6. The third kappa shape index (κ3) is 5.03. The Kier molecular flexibility index (Phi) is 7.21. The summed E-state index contributed by atoms with van der Waals surface area (Å²) in [5.41, 5.74) is 1.62. The number of nitrogens with zero attached hydrogens (tertiary/aromatic N) is 2. The first-order valence-corrected chi connectivity index (χ1v) is 13.7. The number of anilines is 2. The first-order chi connectivity index (χ1) is 18.3. The van der Waals surface area contributed by atoms with E-state index in [0.717, 1.165) is 22.0 Å². The molecule has 2 aliphatic carbocycles. The first-order valence-electron chi connectivity index (χ1n) is 12.8. The van der Waals surface area contributed by atoms with Gasteiger partial charge in [-0.25, -0.2) is 9.78 Å². The van der Waals surface area contributed by atoms with Crippen LogP contribution in [0.5, 0.6) is 0 Å². The molecule has 1 atom stereocenters. The molecule has 196 valence electrons. The Morgan fingerprint density at radius 2 is 1.79 bits per heavy atom. The highest BCUT2D eigenvalue weighted by Gasteiger charge is 2.55. The van der Waals surface area contributed by atoms with E-state index in [1.807, 2.05) is 50.2 Å². The highest BCUT2D eigenvalue weighted by Crippen LogP contribution is 2.54. The summed E-state index contributed by atoms with van der Waals surface area (Å²) in [6.45, 7) is 4.01. The van der Waals surface area contributed by atoms with E-state index in [0.29, 0.717) is 42.1 Å². The largest absolute Gasteiger partial charge is 0.480 e. The number of Topliss-reactive ketones (excluding diaryl/α,β-unsaturated/α-hetero) is 2. The third-order valence-electron chi connectivity index (χ3n) is 7.20. The van der Waals surface area contributed by atoms with Crippen LogP contribution in [-0.4, -0.2) is 43.9 Å². The van der Waals surface area contributed by atoms with Crippen molar-refractivity contribution in [2.75, 3.05) is 5.32 Å². The van der Waals surface area contributed by atoms with Gasteiger partial charge in [-0.05, 0) is 48.1 Å². The summed E-state index contributed by atoms with van der Waals surface area (Å²) >= 11 is 1.46. The molecule has 0 aliphatic heterocycles. The normalized spacial score (nSPS) is 17.6. The summed E-state index contributed by atoms with van der Waals surface area (Å²) < 4.78 is 0. The molecule has 2 heterocycles. The van der Waals surface area contributed by atoms with Gasteiger partial charge in [0.15, 0.2) is 5.78 Å². The quantitative estimate of drug-likeness (QED) is 0.350. The SMILES string of the molecule is CC(C)SC1=C(N[C@@H](Cc2ccc(Nc3nccc4ccncc34)cc2)C(=O)O)C2(CCC(=O)CC2)C1=O. The third-order valence-corrected chi connectivity index (χ3v) is 8.30. The number of carboxylic acids is 1. The number of carboxylic acid groups (broad SMARTS) is 1. The van der Waals surface area contributed by atoms with E-state index >= 15 is 0 Å². The van der Waals surface area contributed by atoms with E-state index in [1.165, 1.54) is 11.8 Å². The lowest BCUT2D eigenvalue weighted by Crippen LogP contribution is -2.54. The summed E-state index contributed by atoms with van der Waals surface area (Å²) in [6, 6.07) is 10.5. The Hall–Kier alpha value is -3.72. The molecule has 2 aliphatic rings. The van der Waals surface area contributed by atoms with Crippen molar-refractivity contribution in [3.8, 4) is 0 Å². The zero-order chi connectivity index (χ0) is 26.9. The van der Waals surface area contributed by atoms with Crippen LogP contribution in [0, 0.1) is 5.41 Å². The maximum atomic E-state index is 13.2. The van der Waals surface area contributed by atoms with Gasteiger partial charge in [-0.1, -0.05) is 26.0 Å². The van der Waals surface area contributed by atoms with E-state index < -0.39 is 17.4 Å². The Morgan fingerprint density at radius 3 is 2.47 bits per heavy atom. The number of ketones is 2. The van der Waals surface area contributed by atoms with Crippen LogP contribution in [0.4, 0.5) is 11.5 Å². The molecule has 0 radical (unpaired) electrons. The van der Waals surface area contributed by atoms with Gasteiger partial charge in [0, 0.05) is 59.9 Å². The standard InChI is InChI=1S/C29H30N4O4S/c1-17(2)38-24-25(29(26(24)35)11-7-21(34)8-12-29)33-23(28(36)37)15-18-3-5-20(6-4-18)32-27-22-16-30-13-9-19(22)10-14-31-27/h3-6,9-10,13-14,16-17,23,33H,7-8,11-12,15H2,1-2H3,(H,31,32)(H,36,37)/t23-/m0/s1. The van der Waals surface area contributed by atoms with Gasteiger partial charge in [0.2, 0.25) is 0 Å². The fraction of sp³-hybridized carbons (Fsp3) is 0.345. The average molecular weight is 531 g/mol. The summed E-state index contributed by atoms with van der Waals surface area (Å²) in [6.07, 6.45) is 7.08. The predicted octanol–water partition coefficient (Wildman–Crippen LogP) is 5.02. The van der Waals surface area contributed by atoms with Crippen molar-refractivity contribution in [1.29, 1.82) is 0 Å². The van der Waals surface area contributed by atoms with Crippen molar-refractivity contribution in [3.63, 3.8) is 0 Å². The number of hydrogen-bond donors (Lipinski definition) is 3. The molecule has 2 aromatic heterocycles. The summed E-state index contributed by atoms with van der Waals surface area (Å²) in [4.78, 5) is 46.6. The maximum Gasteiger partial charge on any atom is 0.326 e. The number of carbonyl (C=O) groups is 3. The number of pyridine rings is 2. The number of fused-ring (bicyclic) bond motifs is 1. The molecule has 1 spiro atoms. The van der Waals surface area contributed by atoms with Crippen molar-refractivity contribution >= 4 is 51.6 Å². The van der Waals surface area contributed by atoms with Crippen molar-refractivity contribution in [3.05, 3.63) is 71.2 Å². The van der Waals surface area contributed by atoms with Crippen LogP contribution in [0.25, 0.3) is 10.8 Å². The van der Waals surface area contributed by atoms with Gasteiger partial charge in [-0.2, -0.15) is 0 Å². The van der Waals surface area contributed by atoms with Crippen LogP contribution in [-0.2, 0) is 20.8 Å². The molecule has 0 unspecified atom stereocenters. The second-order valence-corrected chi connectivity index (χ2v) is 11.7. The van der Waals surface area contributed by atoms with Crippen LogP contribution >= 0.6 is 11.8 Å². The number of carbonyl (C=O) groups excluding carboxylic acids is 2. The molecular weight excluding hydrogens is 500 g/mol. The minimum Gasteiger partial charge on any atom is -0.480 e. The number of aliphatic carboxylic acids is 1. The number of hydrogen-bond acceptors (Lipinski definition) is 8. The highest BCUT2D eigenvalue weighted by atomic mass is 32.2. The van der Waals surface area contributed by atoms with Crippen LogP contribution in [0.2, 0.25) is 0 Å². The Balaban J connectivity index is 1.33. The average Bonchev–Trinajstić information content (AvgIpc) is 2.91. The van der Waals surface area contributed by atoms with Gasteiger partial charge >= 0.3 is 5.97 Å². The number of allylic oxidation sites excluding steroid dienone is 2. The predicted molar refractivity (Wildman–Crippen MR) is 148 cm³/mol. The summed E-state index contributed by atoms with van der Waals surface area (Å²) in [5.74, 6) is -0.0851. The Bertz CT molecular complexity index is 1420. The van der Waals surface area contributed by atoms with Crippen molar-refractivity contribution in [2.24, 2.45) is 5.41 Å². The van der Waals surface area contributed by atoms with Gasteiger partial charge in [-0.15, -0.1) is 11.8 Å². The van der Waals surface area contributed by atoms with E-state index in [4.69, 9.17) is 0 Å². The Labute approximate surface area is 225 Å². The van der Waals surface area contributed by atoms with Gasteiger partial charge in [0.25, 0.3) is 0 Å². The number of benzene rings is 1. The molecule has 0 saturated heterocycles. The van der Waals surface area contributed by atoms with Gasteiger partial charge < -0.3 is 15.7 Å². The molecule has 1 saturated carbocycles. The van der Waals surface area contributed by atoms with Gasteiger partial charge in [-0.3, -0.25) is 14.6 Å². The molecule has 38 heavy (non-hydrogen) atoms. The van der Waals surface area contributed by atoms with Crippen LogP contribution in [0.3, 0.4) is 0 Å². The number of nitrogens with one attached hydrogen (secondary N) is 2. The first kappa shape index (κ1) is 25.9. The molecule has 3 N–H and O–H groups in total. The monoisotopic (exact) mass is 530 g/mol. The van der Waals surface area contributed by atoms with Crippen molar-refractivity contribution in [1.82, 2.24) is 15.3 Å². The lowest BCUT2D eigenvalue weighted by atomic mass is 9.62. The fourth-order valence-electron chi connectivity index (χ4n) is 5.16. The zero-order valence-corrected chi connectivity index (χ0v) is 22.2. The molecule has 8 nitrogen and oxygen atoms in total. The molecule has 1 aromatic carbocycles. The van der Waals surface area contributed by atoms with E-state index in [9.17, 15) is 19.5 Å². The number of rotatable bonds is 9. The number of thioether (sulfide) groups is 1. The molecule has 1 fully saturated rings. The van der Waals surface area contributed by atoms with Crippen LogP contribution in [0.1, 0.15) is 45.1 Å². The molecule has 5 rings (SSSR count). The maximum absolute atomic E-state index is 13.2. The molecule has 0 bridgehead atoms. The van der Waals surface area contributed by atoms with Gasteiger partial charge in [0.1, 0.15) is 17.6 Å². The molecule has 9 heteroatoms. The second-order valence-electron chi connectivity index (χ2n) is 10.1. The van der Waals surface area contributed by atoms with Gasteiger partial charge in [0.05, 0.1) is 10.3 Å². The zero-order valence-electron chi connectivity index (χ0n) is 21.4. The topological polar surface area (TPSA) is 121 Å². The van der Waals surface area contributed by atoms with Crippen LogP contribution < -0.4 is 10.6 Å². The fourth-order valence-corrected chi connectivity index (χ4v) is 6.31. The van der Waals surface area contributed by atoms with Crippen LogP contribution in [0.15, 0.2) is 65.6 Å². The molecule has 3 aromatic rings. The summed E-state index contributed by atoms with van der Waals surface area (Å²) in [5, 5.41) is 18.7. The summed E-state index contributed by atoms with van der Waals surface area (Å²) in [7, 11) is 0. The smallest absolute Gasteiger partial charge is 0.326 e. The lowest BCUT2D eigenvalue weighted by molar-refractivity contribution is -0.140. The minimum atomic E-state index is -0.984. The highest BCUT2D eigenvalue weighted by molar-refractivity contribution is 8.04. The van der Waals surface area contributed by atoms with E-state index in [-0.39, 0.29) is 23.2 Å². The molecular formula is C29H30N4O4S. The minimum absolute atomic E-state index is 0.0445. The van der Waals surface area contributed by atoms with Crippen molar-refractivity contribution in [2.45, 2.75) is 57.2 Å². The van der Waals surface area contributed by atoms with E-state index in [2.05, 4.69) is 20.6 Å². The molecule has 0 amide bonds. The van der Waals surface area contributed by atoms with Crippen molar-refractivity contribution < 1.29 is 19.5 Å².